The van der Waals surface area contributed by atoms with Crippen molar-refractivity contribution in [2.45, 2.75) is 31.1 Å². The van der Waals surface area contributed by atoms with E-state index in [2.05, 4.69) is 5.92 Å². The average Bonchev–Trinajstić information content (AvgIpc) is 2.23. The van der Waals surface area contributed by atoms with Crippen molar-refractivity contribution >= 4 is 10.0 Å². The number of terminal acetylenes is 1. The molecular weight excluding hydrogens is 250 g/mol. The first-order valence-corrected chi connectivity index (χ1v) is 6.94. The van der Waals surface area contributed by atoms with Crippen molar-refractivity contribution in [2.24, 2.45) is 5.14 Å². The molecule has 0 aliphatic rings. The van der Waals surface area contributed by atoms with Crippen LogP contribution in [0.5, 0.6) is 5.75 Å². The van der Waals surface area contributed by atoms with Crippen LogP contribution >= 0.6 is 0 Å². The lowest BCUT2D eigenvalue weighted by Crippen LogP contribution is -2.17. The van der Waals surface area contributed by atoms with Gasteiger partial charge in [-0.1, -0.05) is 26.7 Å². The van der Waals surface area contributed by atoms with Crippen molar-refractivity contribution < 1.29 is 13.2 Å². The minimum absolute atomic E-state index is 0.0699. The highest BCUT2D eigenvalue weighted by molar-refractivity contribution is 7.89. The third kappa shape index (κ3) is 3.49. The van der Waals surface area contributed by atoms with Gasteiger partial charge in [0, 0.05) is 5.56 Å². The Labute approximate surface area is 108 Å². The summed E-state index contributed by atoms with van der Waals surface area (Å²) in [5.74, 6) is 2.95. The van der Waals surface area contributed by atoms with E-state index in [4.69, 9.17) is 16.3 Å². The Balaban J connectivity index is 3.36. The maximum Gasteiger partial charge on any atom is 0.238 e. The van der Waals surface area contributed by atoms with Crippen molar-refractivity contribution in [2.75, 3.05) is 6.61 Å². The molecule has 0 heterocycles. The molecule has 0 spiro atoms. The molecule has 0 radical (unpaired) electrons. The summed E-state index contributed by atoms with van der Waals surface area (Å²) in [6.45, 7) is 6.01. The van der Waals surface area contributed by atoms with Gasteiger partial charge in [0.15, 0.2) is 0 Å². The Hall–Kier alpha value is -1.51. The fourth-order valence-corrected chi connectivity index (χ4v) is 2.06. The van der Waals surface area contributed by atoms with E-state index in [1.54, 1.807) is 6.07 Å². The van der Waals surface area contributed by atoms with E-state index in [-0.39, 0.29) is 16.9 Å². The summed E-state index contributed by atoms with van der Waals surface area (Å²) in [5.41, 5.74) is 0.481. The normalized spacial score (nSPS) is 11.9. The summed E-state index contributed by atoms with van der Waals surface area (Å²) in [7, 11) is -3.72. The molecule has 0 aromatic heterocycles. The molecule has 1 aromatic carbocycles. The quantitative estimate of drug-likeness (QED) is 0.846. The van der Waals surface area contributed by atoms with Gasteiger partial charge in [0.2, 0.25) is 10.0 Å². The van der Waals surface area contributed by atoms with Crippen LogP contribution in [0, 0.1) is 12.3 Å². The predicted octanol–water partition coefficient (Wildman–Crippen LogP) is 1.64. The number of sulfonamides is 1. The number of rotatable bonds is 3. The van der Waals surface area contributed by atoms with Crippen LogP contribution < -0.4 is 9.88 Å². The molecule has 2 N–H and O–H groups in total. The SMILES string of the molecule is C#CCOc1ccc(S(N)(=O)=O)cc1C(C)(C)C. The summed E-state index contributed by atoms with van der Waals surface area (Å²) in [5, 5.41) is 5.12. The molecular formula is C13H17NO3S. The number of hydrogen-bond donors (Lipinski definition) is 1. The first-order chi connectivity index (χ1) is 8.16. The number of hydrogen-bond acceptors (Lipinski definition) is 3. The van der Waals surface area contributed by atoms with E-state index in [9.17, 15) is 8.42 Å². The van der Waals surface area contributed by atoms with Crippen LogP contribution in [0.3, 0.4) is 0 Å². The maximum absolute atomic E-state index is 11.3. The number of primary sulfonamides is 1. The Morgan fingerprint density at radius 2 is 2.00 bits per heavy atom. The first-order valence-electron chi connectivity index (χ1n) is 5.40. The van der Waals surface area contributed by atoms with Crippen molar-refractivity contribution in [3.63, 3.8) is 0 Å². The highest BCUT2D eigenvalue weighted by atomic mass is 32.2. The van der Waals surface area contributed by atoms with E-state index in [1.807, 2.05) is 20.8 Å². The van der Waals surface area contributed by atoms with Crippen LogP contribution in [0.15, 0.2) is 23.1 Å². The van der Waals surface area contributed by atoms with Crippen LogP contribution in [-0.2, 0) is 15.4 Å². The average molecular weight is 267 g/mol. The summed E-state index contributed by atoms with van der Waals surface area (Å²) >= 11 is 0. The van der Waals surface area contributed by atoms with Gasteiger partial charge in [0.05, 0.1) is 4.90 Å². The molecule has 4 nitrogen and oxygen atoms in total. The fraction of sp³-hybridized carbons (Fsp3) is 0.385. The second-order valence-corrected chi connectivity index (χ2v) is 6.51. The molecule has 18 heavy (non-hydrogen) atoms. The second kappa shape index (κ2) is 5.01. The molecule has 0 atom stereocenters. The molecule has 5 heteroatoms. The van der Waals surface area contributed by atoms with Crippen molar-refractivity contribution in [1.29, 1.82) is 0 Å². The molecule has 0 amide bonds. The molecule has 98 valence electrons. The van der Waals surface area contributed by atoms with E-state index >= 15 is 0 Å². The zero-order chi connectivity index (χ0) is 14.0. The molecule has 0 unspecified atom stereocenters. The Bertz CT molecular complexity index is 577. The summed E-state index contributed by atoms with van der Waals surface area (Å²) < 4.78 is 28.1. The van der Waals surface area contributed by atoms with Crippen LogP contribution in [0.1, 0.15) is 26.3 Å². The van der Waals surface area contributed by atoms with E-state index in [1.165, 1.54) is 12.1 Å². The first kappa shape index (κ1) is 14.6. The summed E-state index contributed by atoms with van der Waals surface area (Å²) in [6, 6.07) is 4.52. The molecule has 1 rings (SSSR count). The third-order valence-electron chi connectivity index (χ3n) is 2.40. The lowest BCUT2D eigenvalue weighted by molar-refractivity contribution is 0.357. The van der Waals surface area contributed by atoms with Gasteiger partial charge in [0.25, 0.3) is 0 Å². The van der Waals surface area contributed by atoms with Gasteiger partial charge in [0.1, 0.15) is 12.4 Å². The van der Waals surface area contributed by atoms with Crippen LogP contribution in [0.4, 0.5) is 0 Å². The maximum atomic E-state index is 11.3. The standard InChI is InChI=1S/C13H17NO3S/c1-5-8-17-12-7-6-10(18(14,15)16)9-11(12)13(2,3)4/h1,6-7,9H,8H2,2-4H3,(H2,14,15,16). The molecule has 0 saturated heterocycles. The zero-order valence-electron chi connectivity index (χ0n) is 10.7. The third-order valence-corrected chi connectivity index (χ3v) is 3.31. The number of benzene rings is 1. The molecule has 0 aliphatic heterocycles. The van der Waals surface area contributed by atoms with Crippen LogP contribution in [0.2, 0.25) is 0 Å². The largest absolute Gasteiger partial charge is 0.481 e. The number of nitrogens with two attached hydrogens (primary N) is 1. The molecule has 0 bridgehead atoms. The minimum atomic E-state index is -3.72. The number of ether oxygens (including phenoxy) is 1. The smallest absolute Gasteiger partial charge is 0.238 e. The Kier molecular flexibility index (Phi) is 4.05. The van der Waals surface area contributed by atoms with Crippen molar-refractivity contribution in [1.82, 2.24) is 0 Å². The zero-order valence-corrected chi connectivity index (χ0v) is 11.5. The van der Waals surface area contributed by atoms with Crippen LogP contribution in [0.25, 0.3) is 0 Å². The lowest BCUT2D eigenvalue weighted by atomic mass is 9.86. The minimum Gasteiger partial charge on any atom is -0.481 e. The van der Waals surface area contributed by atoms with Gasteiger partial charge < -0.3 is 4.74 Å². The molecule has 1 aromatic rings. The second-order valence-electron chi connectivity index (χ2n) is 4.95. The van der Waals surface area contributed by atoms with Gasteiger partial charge in [-0.25, -0.2) is 13.6 Å². The monoisotopic (exact) mass is 267 g/mol. The van der Waals surface area contributed by atoms with E-state index in [0.717, 1.165) is 5.56 Å². The lowest BCUT2D eigenvalue weighted by Gasteiger charge is -2.23. The summed E-state index contributed by atoms with van der Waals surface area (Å²) in [6.07, 6.45) is 5.14. The topological polar surface area (TPSA) is 69.4 Å². The Morgan fingerprint density at radius 1 is 1.39 bits per heavy atom. The summed E-state index contributed by atoms with van der Waals surface area (Å²) in [4.78, 5) is 0.0699. The molecule has 0 aliphatic carbocycles. The van der Waals surface area contributed by atoms with Crippen molar-refractivity contribution in [3.05, 3.63) is 23.8 Å². The molecule has 0 saturated carbocycles. The Morgan fingerprint density at radius 3 is 2.44 bits per heavy atom. The van der Waals surface area contributed by atoms with Gasteiger partial charge in [-0.05, 0) is 23.6 Å². The van der Waals surface area contributed by atoms with E-state index in [0.29, 0.717) is 5.75 Å². The van der Waals surface area contributed by atoms with Crippen molar-refractivity contribution in [3.8, 4) is 18.1 Å². The highest BCUT2D eigenvalue weighted by Crippen LogP contribution is 2.33. The fourth-order valence-electron chi connectivity index (χ4n) is 1.52. The van der Waals surface area contributed by atoms with Gasteiger partial charge in [-0.2, -0.15) is 0 Å². The van der Waals surface area contributed by atoms with Gasteiger partial charge in [-0.3, -0.25) is 0 Å². The van der Waals surface area contributed by atoms with Gasteiger partial charge in [-0.15, -0.1) is 6.42 Å². The highest BCUT2D eigenvalue weighted by Gasteiger charge is 2.21. The van der Waals surface area contributed by atoms with Crippen LogP contribution in [-0.4, -0.2) is 15.0 Å². The molecule has 0 fully saturated rings. The predicted molar refractivity (Wildman–Crippen MR) is 70.8 cm³/mol. The van der Waals surface area contributed by atoms with E-state index < -0.39 is 10.0 Å². The van der Waals surface area contributed by atoms with Gasteiger partial charge >= 0.3 is 0 Å².